The number of alkyl halides is 3. The number of quaternary nitrogens is 2. The number of hydrogen-bond acceptors (Lipinski definition) is 2. The van der Waals surface area contributed by atoms with E-state index in [-0.39, 0.29) is 11.7 Å². The van der Waals surface area contributed by atoms with Crippen molar-refractivity contribution in [2.75, 3.05) is 44.6 Å². The molecular weight excluding hydrogens is 323 g/mol. The second-order valence-corrected chi connectivity index (χ2v) is 5.79. The van der Waals surface area contributed by atoms with Gasteiger partial charge in [0, 0.05) is 5.69 Å². The molecule has 0 saturated carbocycles. The molecule has 3 N–H and O–H groups in total. The Balaban J connectivity index is 1.77. The number of piperazine rings is 1. The molecule has 0 aromatic heterocycles. The van der Waals surface area contributed by atoms with E-state index in [2.05, 4.69) is 16.6 Å². The van der Waals surface area contributed by atoms with E-state index < -0.39 is 6.36 Å². The lowest BCUT2D eigenvalue weighted by Crippen LogP contribution is -3.28. The van der Waals surface area contributed by atoms with E-state index in [1.165, 1.54) is 34.1 Å². The van der Waals surface area contributed by atoms with Gasteiger partial charge in [0.2, 0.25) is 0 Å². The minimum atomic E-state index is -4.72. The molecule has 8 heteroatoms. The summed E-state index contributed by atoms with van der Waals surface area (Å²) in [5, 5.41) is 2.70. The second-order valence-electron chi connectivity index (χ2n) is 5.79. The van der Waals surface area contributed by atoms with Gasteiger partial charge in [0.1, 0.15) is 31.9 Å². The molecule has 24 heavy (non-hydrogen) atoms. The third-order valence-electron chi connectivity index (χ3n) is 3.88. The molecule has 0 bridgehead atoms. The molecule has 0 radical (unpaired) electrons. The van der Waals surface area contributed by atoms with E-state index in [1.807, 2.05) is 6.08 Å². The Morgan fingerprint density at radius 3 is 2.29 bits per heavy atom. The van der Waals surface area contributed by atoms with Crippen molar-refractivity contribution in [3.8, 4) is 5.75 Å². The number of carbonyl (C=O) groups excluding carboxylic acids is 1. The maximum Gasteiger partial charge on any atom is 0.573 e. The van der Waals surface area contributed by atoms with Crippen LogP contribution in [0.25, 0.3) is 0 Å². The first kappa shape index (κ1) is 18.3. The summed E-state index contributed by atoms with van der Waals surface area (Å²) in [4.78, 5) is 14.7. The third-order valence-corrected chi connectivity index (χ3v) is 3.88. The molecule has 5 nitrogen and oxygen atoms in total. The van der Waals surface area contributed by atoms with Crippen LogP contribution < -0.4 is 19.9 Å². The maximum atomic E-state index is 12.1. The van der Waals surface area contributed by atoms with Gasteiger partial charge < -0.3 is 19.9 Å². The van der Waals surface area contributed by atoms with Crippen LogP contribution in [0, 0.1) is 0 Å². The molecule has 1 aromatic carbocycles. The minimum absolute atomic E-state index is 0.151. The molecule has 1 saturated heterocycles. The van der Waals surface area contributed by atoms with Crippen molar-refractivity contribution >= 4 is 11.6 Å². The Labute approximate surface area is 138 Å². The van der Waals surface area contributed by atoms with Gasteiger partial charge in [-0.05, 0) is 30.3 Å². The summed E-state index contributed by atoms with van der Waals surface area (Å²) < 4.78 is 40.0. The summed E-state index contributed by atoms with van der Waals surface area (Å²) in [6.07, 6.45) is -2.82. The Kier molecular flexibility index (Phi) is 6.22. The van der Waals surface area contributed by atoms with Crippen LogP contribution in [0.1, 0.15) is 0 Å². The largest absolute Gasteiger partial charge is 0.573 e. The normalized spacial score (nSPS) is 21.1. The van der Waals surface area contributed by atoms with Gasteiger partial charge in [-0.15, -0.1) is 13.2 Å². The summed E-state index contributed by atoms with van der Waals surface area (Å²) in [5.74, 6) is -0.464. The van der Waals surface area contributed by atoms with Crippen LogP contribution in [-0.4, -0.2) is 51.5 Å². The summed E-state index contributed by atoms with van der Waals surface area (Å²) >= 11 is 0. The lowest BCUT2D eigenvalue weighted by atomic mass is 10.3. The zero-order valence-corrected chi connectivity index (χ0v) is 13.3. The monoisotopic (exact) mass is 345 g/mol. The van der Waals surface area contributed by atoms with E-state index in [9.17, 15) is 18.0 Å². The molecule has 1 aromatic rings. The van der Waals surface area contributed by atoms with Gasteiger partial charge in [-0.1, -0.05) is 6.58 Å². The zero-order valence-electron chi connectivity index (χ0n) is 13.3. The van der Waals surface area contributed by atoms with Crippen LogP contribution in [0.5, 0.6) is 5.75 Å². The zero-order chi connectivity index (χ0) is 17.6. The van der Waals surface area contributed by atoms with Crippen LogP contribution in [0.2, 0.25) is 0 Å². The maximum absolute atomic E-state index is 12.1. The number of carbonyl (C=O) groups is 1. The van der Waals surface area contributed by atoms with E-state index in [4.69, 9.17) is 0 Å². The van der Waals surface area contributed by atoms with Crippen molar-refractivity contribution in [1.82, 2.24) is 0 Å². The van der Waals surface area contributed by atoms with Crippen molar-refractivity contribution in [2.45, 2.75) is 6.36 Å². The van der Waals surface area contributed by atoms with Gasteiger partial charge in [0.25, 0.3) is 5.91 Å². The first-order valence-electron chi connectivity index (χ1n) is 7.79. The van der Waals surface area contributed by atoms with Crippen molar-refractivity contribution in [1.29, 1.82) is 0 Å². The molecule has 1 aliphatic rings. The highest BCUT2D eigenvalue weighted by atomic mass is 19.4. The molecule has 0 atom stereocenters. The van der Waals surface area contributed by atoms with Crippen LogP contribution in [-0.2, 0) is 4.79 Å². The highest BCUT2D eigenvalue weighted by Gasteiger charge is 2.31. The number of ether oxygens (including phenoxy) is 1. The third kappa shape index (κ3) is 6.21. The quantitative estimate of drug-likeness (QED) is 0.609. The van der Waals surface area contributed by atoms with Crippen LogP contribution >= 0.6 is 0 Å². The van der Waals surface area contributed by atoms with Gasteiger partial charge >= 0.3 is 6.36 Å². The average molecular weight is 345 g/mol. The highest BCUT2D eigenvalue weighted by molar-refractivity contribution is 5.91. The van der Waals surface area contributed by atoms with Gasteiger partial charge in [-0.2, -0.15) is 0 Å². The lowest BCUT2D eigenvalue weighted by molar-refractivity contribution is -1.01. The van der Waals surface area contributed by atoms with Gasteiger partial charge in [0.15, 0.2) is 6.54 Å². The highest BCUT2D eigenvalue weighted by Crippen LogP contribution is 2.23. The Hall–Kier alpha value is -2.06. The molecule has 1 amide bonds. The summed E-state index contributed by atoms with van der Waals surface area (Å²) in [5.41, 5.74) is 0.449. The predicted molar refractivity (Wildman–Crippen MR) is 83.1 cm³/mol. The van der Waals surface area contributed by atoms with E-state index in [0.717, 1.165) is 32.7 Å². The molecule has 1 aliphatic heterocycles. The number of amides is 1. The summed E-state index contributed by atoms with van der Waals surface area (Å²) in [7, 11) is 0. The number of rotatable bonds is 6. The van der Waals surface area contributed by atoms with Crippen LogP contribution in [0.4, 0.5) is 18.9 Å². The first-order valence-corrected chi connectivity index (χ1v) is 7.79. The van der Waals surface area contributed by atoms with Crippen molar-refractivity contribution in [2.24, 2.45) is 0 Å². The molecule has 132 valence electrons. The van der Waals surface area contributed by atoms with Gasteiger partial charge in [0.05, 0.1) is 6.54 Å². The average Bonchev–Trinajstić information content (AvgIpc) is 2.50. The topological polar surface area (TPSA) is 47.2 Å². The molecule has 0 aliphatic carbocycles. The lowest BCUT2D eigenvalue weighted by Gasteiger charge is -2.28. The standard InChI is InChI=1S/C16H20F3N3O2/c1-2-7-21-8-10-22(11-9-21)12-15(23)20-13-3-5-14(6-4-13)24-16(17,18)19/h2-6H,1,7-12H2,(H,20,23)/p+2. The predicted octanol–water partition coefficient (Wildman–Crippen LogP) is -0.507. The van der Waals surface area contributed by atoms with Crippen molar-refractivity contribution in [3.63, 3.8) is 0 Å². The molecule has 1 heterocycles. The fraction of sp³-hybridized carbons (Fsp3) is 0.438. The molecule has 2 rings (SSSR count). The van der Waals surface area contributed by atoms with E-state index >= 15 is 0 Å². The van der Waals surface area contributed by atoms with Crippen LogP contribution in [0.15, 0.2) is 36.9 Å². The van der Waals surface area contributed by atoms with Gasteiger partial charge in [-0.3, -0.25) is 4.79 Å². The van der Waals surface area contributed by atoms with Crippen molar-refractivity contribution in [3.05, 3.63) is 36.9 Å². The molecule has 1 fully saturated rings. The number of anilines is 1. The number of nitrogens with one attached hydrogen (secondary N) is 3. The summed E-state index contributed by atoms with van der Waals surface area (Å²) in [6.45, 7) is 8.84. The minimum Gasteiger partial charge on any atom is -0.406 e. The molecule has 0 unspecified atom stereocenters. The van der Waals surface area contributed by atoms with Gasteiger partial charge in [-0.25, -0.2) is 0 Å². The Morgan fingerprint density at radius 2 is 1.75 bits per heavy atom. The molecule has 0 spiro atoms. The number of halogens is 3. The van der Waals surface area contributed by atoms with Crippen molar-refractivity contribution < 1.29 is 32.5 Å². The number of hydrogen-bond donors (Lipinski definition) is 3. The second kappa shape index (κ2) is 8.16. The first-order chi connectivity index (χ1) is 11.4. The van der Waals surface area contributed by atoms with Crippen LogP contribution in [0.3, 0.4) is 0 Å². The summed E-state index contributed by atoms with van der Waals surface area (Å²) in [6, 6.07) is 5.13. The fourth-order valence-corrected chi connectivity index (χ4v) is 2.71. The molecular formula is C16H22F3N3O2+2. The van der Waals surface area contributed by atoms with E-state index in [0.29, 0.717) is 12.2 Å². The Bertz CT molecular complexity index is 553. The van der Waals surface area contributed by atoms with E-state index in [1.54, 1.807) is 0 Å². The fourth-order valence-electron chi connectivity index (χ4n) is 2.71. The Morgan fingerprint density at radius 1 is 1.17 bits per heavy atom. The SMILES string of the molecule is C=CC[NH+]1CC[NH+](CC(=O)Nc2ccc(OC(F)(F)F)cc2)CC1. The number of benzene rings is 1. The smallest absolute Gasteiger partial charge is 0.406 e.